The molecule has 0 aliphatic rings. The van der Waals surface area contributed by atoms with Crippen LogP contribution in [0.25, 0.3) is 0 Å². The molecule has 1 aromatic carbocycles. The number of para-hydroxylation sites is 2. The van der Waals surface area contributed by atoms with Gasteiger partial charge in [-0.05, 0) is 12.0 Å². The van der Waals surface area contributed by atoms with Gasteiger partial charge in [0.15, 0.2) is 0 Å². The van der Waals surface area contributed by atoms with Gasteiger partial charge in [-0.2, -0.15) is 0 Å². The number of carboxylic acid groups (broad SMARTS) is 1. The summed E-state index contributed by atoms with van der Waals surface area (Å²) in [5.41, 5.74) is 0.243. The van der Waals surface area contributed by atoms with E-state index in [9.17, 15) is 19.7 Å². The predicted octanol–water partition coefficient (Wildman–Crippen LogP) is 1.62. The average Bonchev–Trinajstić information content (AvgIpc) is 2.44. The molecule has 1 atom stereocenters. The zero-order valence-corrected chi connectivity index (χ0v) is 12.4. The Hall–Kier alpha value is -2.64. The maximum absolute atomic E-state index is 11.7. The van der Waals surface area contributed by atoms with Gasteiger partial charge in [0.05, 0.1) is 4.92 Å². The standard InChI is InChI=1S/C14H19N3O5/c1-9(2)13(14(19)20)16-12(18)7-8-15-10-5-3-4-6-11(10)17(21)22/h3-6,9,13,15H,7-8H2,1-2H3,(H,16,18)(H,19,20)/t13-/m0/s1. The zero-order chi connectivity index (χ0) is 16.7. The maximum Gasteiger partial charge on any atom is 0.326 e. The molecule has 0 aliphatic carbocycles. The van der Waals surface area contributed by atoms with Gasteiger partial charge in [0.2, 0.25) is 5.91 Å². The van der Waals surface area contributed by atoms with Crippen molar-refractivity contribution in [3.8, 4) is 0 Å². The van der Waals surface area contributed by atoms with E-state index in [-0.39, 0.29) is 24.6 Å². The number of nitro benzene ring substituents is 1. The van der Waals surface area contributed by atoms with Crippen molar-refractivity contribution in [2.24, 2.45) is 5.92 Å². The van der Waals surface area contributed by atoms with Crippen molar-refractivity contribution in [3.05, 3.63) is 34.4 Å². The van der Waals surface area contributed by atoms with Crippen molar-refractivity contribution in [1.82, 2.24) is 5.32 Å². The highest BCUT2D eigenvalue weighted by Crippen LogP contribution is 2.22. The third kappa shape index (κ3) is 5.04. The second-order valence-electron chi connectivity index (χ2n) is 5.08. The summed E-state index contributed by atoms with van der Waals surface area (Å²) in [6.07, 6.45) is 0.0164. The van der Waals surface area contributed by atoms with E-state index >= 15 is 0 Å². The number of amides is 1. The smallest absolute Gasteiger partial charge is 0.326 e. The first kappa shape index (κ1) is 17.4. The largest absolute Gasteiger partial charge is 0.480 e. The molecule has 0 spiro atoms. The molecule has 0 heterocycles. The van der Waals surface area contributed by atoms with E-state index in [2.05, 4.69) is 10.6 Å². The van der Waals surface area contributed by atoms with Gasteiger partial charge in [0.25, 0.3) is 5.69 Å². The lowest BCUT2D eigenvalue weighted by Crippen LogP contribution is -2.44. The number of nitrogens with zero attached hydrogens (tertiary/aromatic N) is 1. The van der Waals surface area contributed by atoms with Gasteiger partial charge in [-0.25, -0.2) is 4.79 Å². The van der Waals surface area contributed by atoms with E-state index < -0.39 is 22.8 Å². The molecule has 1 rings (SSSR count). The number of hydrogen-bond donors (Lipinski definition) is 3. The third-order valence-corrected chi connectivity index (χ3v) is 3.02. The van der Waals surface area contributed by atoms with Gasteiger partial charge < -0.3 is 15.7 Å². The van der Waals surface area contributed by atoms with Crippen LogP contribution in [0.5, 0.6) is 0 Å². The van der Waals surface area contributed by atoms with Crippen molar-refractivity contribution in [2.45, 2.75) is 26.3 Å². The molecule has 0 aromatic heterocycles. The van der Waals surface area contributed by atoms with Gasteiger partial charge in [-0.3, -0.25) is 14.9 Å². The van der Waals surface area contributed by atoms with E-state index in [1.165, 1.54) is 6.07 Å². The molecular formula is C14H19N3O5. The first-order valence-electron chi connectivity index (χ1n) is 6.82. The van der Waals surface area contributed by atoms with Crippen LogP contribution in [0.3, 0.4) is 0 Å². The molecule has 0 saturated carbocycles. The Bertz CT molecular complexity index is 559. The molecule has 1 amide bonds. The monoisotopic (exact) mass is 309 g/mol. The Morgan fingerprint density at radius 1 is 1.32 bits per heavy atom. The molecule has 1 aromatic rings. The molecule has 8 nitrogen and oxygen atoms in total. The van der Waals surface area contributed by atoms with Crippen LogP contribution in [-0.4, -0.2) is 34.5 Å². The highest BCUT2D eigenvalue weighted by Gasteiger charge is 2.23. The van der Waals surface area contributed by atoms with E-state index in [0.29, 0.717) is 5.69 Å². The highest BCUT2D eigenvalue weighted by atomic mass is 16.6. The number of carboxylic acids is 1. The zero-order valence-electron chi connectivity index (χ0n) is 12.4. The van der Waals surface area contributed by atoms with Crippen molar-refractivity contribution in [2.75, 3.05) is 11.9 Å². The molecule has 0 saturated heterocycles. The van der Waals surface area contributed by atoms with Crippen LogP contribution in [0.1, 0.15) is 20.3 Å². The first-order chi connectivity index (χ1) is 10.3. The number of benzene rings is 1. The Balaban J connectivity index is 2.52. The number of carbonyl (C=O) groups is 2. The van der Waals surface area contributed by atoms with Crippen molar-refractivity contribution < 1.29 is 19.6 Å². The minimum absolute atomic E-state index is 0.0164. The molecule has 0 fully saturated rings. The average molecular weight is 309 g/mol. The highest BCUT2D eigenvalue weighted by molar-refractivity contribution is 5.84. The summed E-state index contributed by atoms with van der Waals surface area (Å²) in [6, 6.07) is 5.16. The van der Waals surface area contributed by atoms with Gasteiger partial charge in [0.1, 0.15) is 11.7 Å². The van der Waals surface area contributed by atoms with Crippen LogP contribution in [0, 0.1) is 16.0 Å². The normalized spacial score (nSPS) is 11.8. The van der Waals surface area contributed by atoms with Crippen LogP contribution >= 0.6 is 0 Å². The van der Waals surface area contributed by atoms with Gasteiger partial charge >= 0.3 is 5.97 Å². The van der Waals surface area contributed by atoms with Crippen molar-refractivity contribution in [1.29, 1.82) is 0 Å². The number of hydrogen-bond acceptors (Lipinski definition) is 5. The second kappa shape index (κ2) is 7.96. The minimum Gasteiger partial charge on any atom is -0.480 e. The Labute approximate surface area is 127 Å². The number of anilines is 1. The molecule has 3 N–H and O–H groups in total. The number of rotatable bonds is 8. The molecule has 120 valence electrons. The summed E-state index contributed by atoms with van der Waals surface area (Å²) >= 11 is 0. The van der Waals surface area contributed by atoms with E-state index in [1.54, 1.807) is 32.0 Å². The molecular weight excluding hydrogens is 290 g/mol. The molecule has 0 radical (unpaired) electrons. The molecule has 0 unspecified atom stereocenters. The number of carbonyl (C=O) groups excluding carboxylic acids is 1. The first-order valence-corrected chi connectivity index (χ1v) is 6.82. The van der Waals surface area contributed by atoms with E-state index in [0.717, 1.165) is 0 Å². The quantitative estimate of drug-likeness (QED) is 0.495. The molecule has 0 aliphatic heterocycles. The second-order valence-corrected chi connectivity index (χ2v) is 5.08. The van der Waals surface area contributed by atoms with Crippen LogP contribution < -0.4 is 10.6 Å². The van der Waals surface area contributed by atoms with Crippen molar-refractivity contribution in [3.63, 3.8) is 0 Å². The van der Waals surface area contributed by atoms with Gasteiger partial charge in [0, 0.05) is 19.0 Å². The lowest BCUT2D eigenvalue weighted by atomic mass is 10.0. The van der Waals surface area contributed by atoms with Gasteiger partial charge in [-0.15, -0.1) is 0 Å². The maximum atomic E-state index is 11.7. The minimum atomic E-state index is -1.09. The Morgan fingerprint density at radius 3 is 2.50 bits per heavy atom. The molecule has 22 heavy (non-hydrogen) atoms. The summed E-state index contributed by atoms with van der Waals surface area (Å²) in [6.45, 7) is 3.57. The summed E-state index contributed by atoms with van der Waals surface area (Å²) in [5.74, 6) is -1.74. The predicted molar refractivity (Wildman–Crippen MR) is 80.6 cm³/mol. The molecule has 0 bridgehead atoms. The lowest BCUT2D eigenvalue weighted by Gasteiger charge is -2.18. The third-order valence-electron chi connectivity index (χ3n) is 3.02. The molecule has 8 heteroatoms. The Kier molecular flexibility index (Phi) is 6.30. The number of nitro groups is 1. The summed E-state index contributed by atoms with van der Waals surface area (Å²) in [5, 5.41) is 25.1. The van der Waals surface area contributed by atoms with Crippen LogP contribution in [0.2, 0.25) is 0 Å². The Morgan fingerprint density at radius 2 is 1.95 bits per heavy atom. The van der Waals surface area contributed by atoms with Crippen molar-refractivity contribution >= 4 is 23.3 Å². The SMILES string of the molecule is CC(C)[C@H](NC(=O)CCNc1ccccc1[N+](=O)[O-])C(=O)O. The van der Waals surface area contributed by atoms with Gasteiger partial charge in [-0.1, -0.05) is 26.0 Å². The van der Waals surface area contributed by atoms with Crippen LogP contribution in [0.15, 0.2) is 24.3 Å². The number of nitrogens with one attached hydrogen (secondary N) is 2. The fourth-order valence-electron chi connectivity index (χ4n) is 1.85. The fraction of sp³-hybridized carbons (Fsp3) is 0.429. The van der Waals surface area contributed by atoms with Crippen LogP contribution in [0.4, 0.5) is 11.4 Å². The topological polar surface area (TPSA) is 122 Å². The summed E-state index contributed by atoms with van der Waals surface area (Å²) in [7, 11) is 0. The fourth-order valence-corrected chi connectivity index (χ4v) is 1.85. The lowest BCUT2D eigenvalue weighted by molar-refractivity contribution is -0.384. The summed E-state index contributed by atoms with van der Waals surface area (Å²) in [4.78, 5) is 33.0. The summed E-state index contributed by atoms with van der Waals surface area (Å²) < 4.78 is 0. The number of aliphatic carboxylic acids is 1. The van der Waals surface area contributed by atoms with E-state index in [1.807, 2.05) is 0 Å². The van der Waals surface area contributed by atoms with Crippen LogP contribution in [-0.2, 0) is 9.59 Å². The van der Waals surface area contributed by atoms with E-state index in [4.69, 9.17) is 5.11 Å².